The average Bonchev–Trinajstić information content (AvgIpc) is 1.61. The van der Waals surface area contributed by atoms with Crippen molar-refractivity contribution >= 4 is 98.3 Å². The molecule has 97 heavy (non-hydrogen) atoms. The molecule has 0 fully saturated rings. The molecule has 7 aromatic carbocycles. The van der Waals surface area contributed by atoms with Crippen LogP contribution in [0.4, 0.5) is 74.7 Å². The number of aryl methyl sites for hydroxylation is 6. The fourth-order valence-electron chi connectivity index (χ4n) is 13.2. The number of rotatable bonds is 23. The SMILES string of the molecule is CCN(CC)c1ccc(C=CC2=[N+](CCC[N+]3=C(C=Cc4ccc(N(CC)CC)cc4)C(C)(C)c4ccccc43)c3ccccc3C2(C)C)cc1.Cn1cc[n+](C)c1N=Nc1ccc(N(c2ccc(N=Nc3n(C)cc[n+]3C)cc2)c2ccc(N=Nc3n(C)cc[n+]3C)cc2)cc1. The molecule has 0 N–H and O–H groups in total. The molecule has 0 amide bonds. The van der Waals surface area contributed by atoms with Gasteiger partial charge < -0.3 is 14.7 Å². The minimum Gasteiger partial charge on any atom is -0.372 e. The van der Waals surface area contributed by atoms with E-state index in [9.17, 15) is 0 Å². The van der Waals surface area contributed by atoms with Crippen LogP contribution >= 0.6 is 0 Å². The molecule has 2 aliphatic heterocycles. The normalized spacial score (nSPS) is 14.0. The van der Waals surface area contributed by atoms with E-state index in [0.717, 1.165) is 97.7 Å². The molecule has 0 spiro atoms. The first kappa shape index (κ1) is 67.6. The average molecular weight is 1290 g/mol. The van der Waals surface area contributed by atoms with Gasteiger partial charge in [0.25, 0.3) is 0 Å². The lowest BCUT2D eigenvalue weighted by molar-refractivity contribution is -0.657. The highest BCUT2D eigenvalue weighted by atomic mass is 15.3. The lowest BCUT2D eigenvalue weighted by Gasteiger charge is -2.25. The first-order valence-electron chi connectivity index (χ1n) is 33.8. The fraction of sp³-hybridized carbons (Fsp3) is 0.287. The fourth-order valence-corrected chi connectivity index (χ4v) is 13.2. The van der Waals surface area contributed by atoms with Crippen molar-refractivity contribution in [1.29, 1.82) is 0 Å². The van der Waals surface area contributed by atoms with Crippen molar-refractivity contribution in [2.24, 2.45) is 73.0 Å². The minimum absolute atomic E-state index is 0.0860. The number of aromatic nitrogens is 6. The molecule has 0 bridgehead atoms. The van der Waals surface area contributed by atoms with E-state index in [2.05, 4.69) is 231 Å². The minimum atomic E-state index is -0.0860. The van der Waals surface area contributed by atoms with Crippen molar-refractivity contribution in [3.8, 4) is 0 Å². The monoisotopic (exact) mass is 1290 g/mol. The molecule has 0 saturated heterocycles. The van der Waals surface area contributed by atoms with Crippen LogP contribution in [-0.4, -0.2) is 73.5 Å². The summed E-state index contributed by atoms with van der Waals surface area (Å²) in [6.45, 7) is 24.3. The Morgan fingerprint density at radius 3 is 0.959 bits per heavy atom. The first-order chi connectivity index (χ1) is 46.9. The number of fused-ring (bicyclic) bond motifs is 2. The van der Waals surface area contributed by atoms with E-state index >= 15 is 0 Å². The lowest BCUT2D eigenvalue weighted by Crippen LogP contribution is -2.29. The van der Waals surface area contributed by atoms with Crippen LogP contribution in [0.5, 0.6) is 0 Å². The number of allylic oxidation sites excluding steroid dienone is 2. The van der Waals surface area contributed by atoms with E-state index in [1.54, 1.807) is 0 Å². The van der Waals surface area contributed by atoms with E-state index in [-0.39, 0.29) is 10.8 Å². The molecule has 0 saturated carbocycles. The molecule has 17 heteroatoms. The number of nitrogens with zero attached hydrogens (tertiary/aromatic N) is 17. The third-order valence-corrected chi connectivity index (χ3v) is 18.8. The topological polar surface area (TPSA) is 116 Å². The van der Waals surface area contributed by atoms with Crippen LogP contribution < -0.4 is 28.4 Å². The summed E-state index contributed by atoms with van der Waals surface area (Å²) in [7, 11) is 11.7. The molecule has 0 radical (unpaired) electrons. The van der Waals surface area contributed by atoms with Gasteiger partial charge in [-0.3, -0.25) is 0 Å². The van der Waals surface area contributed by atoms with Crippen LogP contribution in [-0.2, 0) is 53.1 Å². The van der Waals surface area contributed by atoms with Gasteiger partial charge in [-0.15, -0.1) is 0 Å². The molecule has 3 aromatic heterocycles. The van der Waals surface area contributed by atoms with Crippen molar-refractivity contribution in [2.75, 3.05) is 54.0 Å². The molecule has 2 aliphatic rings. The highest BCUT2D eigenvalue weighted by Crippen LogP contribution is 2.43. The third kappa shape index (κ3) is 14.9. The number of imidazole rings is 3. The van der Waals surface area contributed by atoms with E-state index in [0.29, 0.717) is 0 Å². The van der Waals surface area contributed by atoms with Crippen LogP contribution in [0.3, 0.4) is 0 Å². The second kappa shape index (κ2) is 29.9. The number of hydrogen-bond acceptors (Lipinski definition) is 9. The van der Waals surface area contributed by atoms with Crippen LogP contribution in [0, 0.1) is 0 Å². The zero-order valence-electron chi connectivity index (χ0n) is 59.0. The van der Waals surface area contributed by atoms with Gasteiger partial charge in [-0.2, -0.15) is 9.15 Å². The summed E-state index contributed by atoms with van der Waals surface area (Å²) in [6, 6.07) is 59.9. The predicted molar refractivity (Wildman–Crippen MR) is 395 cm³/mol. The number of hydrogen-bond donors (Lipinski definition) is 0. The van der Waals surface area contributed by atoms with Gasteiger partial charge in [0, 0.05) is 105 Å². The molecular weight excluding hydrogens is 1200 g/mol. The molecule has 17 nitrogen and oxygen atoms in total. The smallest absolute Gasteiger partial charge is 0.372 e. The summed E-state index contributed by atoms with van der Waals surface area (Å²) in [5.74, 6) is 2.26. The van der Waals surface area contributed by atoms with Crippen molar-refractivity contribution in [2.45, 2.75) is 72.6 Å². The van der Waals surface area contributed by atoms with Gasteiger partial charge in [-0.1, -0.05) is 76.0 Å². The Hall–Kier alpha value is -10.8. The number of azo groups is 3. The van der Waals surface area contributed by atoms with E-state index in [1.807, 2.05) is 180 Å². The molecule has 0 unspecified atom stereocenters. The summed E-state index contributed by atoms with van der Waals surface area (Å²) < 4.78 is 16.7. The van der Waals surface area contributed by atoms with Gasteiger partial charge in [0.2, 0.25) is 11.4 Å². The van der Waals surface area contributed by atoms with E-state index < -0.39 is 0 Å². The molecule has 494 valence electrons. The standard InChI is InChI=1S/C47H58N4.C33H36N13/c1-9-48(10-2)38-28-22-36(23-29-38)26-32-44-46(5,6)40-18-13-15-20-42(40)50(44)34-17-35-51-43-21-16-14-19-41(43)47(7,8)45(51)33-27-37-24-30-39(31-25-37)49(11-3)12-4;1-40-19-20-41(2)31(40)37-34-25-7-13-28(14-8-25)46(29-15-9-26(10-16-29)35-38-32-42(3)21-22-43(32)4)30-17-11-27(12-18-30)36-39-33-44(5)23-24-45(33)6/h13-16,18-33H,9-12,17,34-35H2,1-8H3;7-24H,1-6H3/q+2;+3. The van der Waals surface area contributed by atoms with Gasteiger partial charge in [0.1, 0.15) is 17.1 Å². The highest BCUT2D eigenvalue weighted by molar-refractivity contribution is 6.06. The molecule has 5 heterocycles. The zero-order valence-corrected chi connectivity index (χ0v) is 59.0. The van der Waals surface area contributed by atoms with Gasteiger partial charge in [-0.25, -0.2) is 27.4 Å². The van der Waals surface area contributed by atoms with Gasteiger partial charge in [-0.05, 0) is 176 Å². The van der Waals surface area contributed by atoms with Gasteiger partial charge >= 0.3 is 17.8 Å². The second-order valence-electron chi connectivity index (χ2n) is 25.9. The van der Waals surface area contributed by atoms with Crippen LogP contribution in [0.2, 0.25) is 0 Å². The van der Waals surface area contributed by atoms with Crippen LogP contribution in [0.25, 0.3) is 12.2 Å². The summed E-state index contributed by atoms with van der Waals surface area (Å²) >= 11 is 0. The summed E-state index contributed by atoms with van der Waals surface area (Å²) in [5.41, 5.74) is 18.2. The number of benzene rings is 7. The second-order valence-corrected chi connectivity index (χ2v) is 25.9. The molecule has 0 aliphatic carbocycles. The zero-order chi connectivity index (χ0) is 68.4. The molecule has 0 atom stereocenters. The Labute approximate surface area is 573 Å². The van der Waals surface area contributed by atoms with Crippen molar-refractivity contribution in [1.82, 2.24) is 13.7 Å². The Bertz CT molecular complexity index is 4140. The Balaban J connectivity index is 0.000000198. The largest absolute Gasteiger partial charge is 0.421 e. The maximum absolute atomic E-state index is 4.46. The van der Waals surface area contributed by atoms with Crippen LogP contribution in [0.1, 0.15) is 84.1 Å². The summed E-state index contributed by atoms with van der Waals surface area (Å²) in [4.78, 5) is 6.95. The summed E-state index contributed by atoms with van der Waals surface area (Å²) in [5, 5.41) is 26.7. The molecule has 10 aromatic rings. The quantitative estimate of drug-likeness (QED) is 0.0469. The maximum atomic E-state index is 4.46. The Kier molecular flexibility index (Phi) is 20.8. The van der Waals surface area contributed by atoms with Crippen LogP contribution in [0.15, 0.2) is 250 Å². The number of anilines is 5. The van der Waals surface area contributed by atoms with Crippen molar-refractivity contribution in [3.63, 3.8) is 0 Å². The van der Waals surface area contributed by atoms with Gasteiger partial charge in [0.15, 0.2) is 24.5 Å². The maximum Gasteiger partial charge on any atom is 0.421 e. The van der Waals surface area contributed by atoms with Crippen molar-refractivity contribution in [3.05, 3.63) is 241 Å². The Morgan fingerprint density at radius 2 is 0.670 bits per heavy atom. The molecule has 12 rings (SSSR count). The molecular formula is C80H94N17+5. The lowest BCUT2D eigenvalue weighted by atomic mass is 9.81. The highest BCUT2D eigenvalue weighted by Gasteiger charge is 2.46. The van der Waals surface area contributed by atoms with Crippen molar-refractivity contribution < 1.29 is 22.9 Å². The summed E-state index contributed by atoms with van der Waals surface area (Å²) in [6.07, 6.45) is 22.0. The van der Waals surface area contributed by atoms with E-state index in [4.69, 9.17) is 0 Å². The first-order valence-corrected chi connectivity index (χ1v) is 33.8. The predicted octanol–water partition coefficient (Wildman–Crippen LogP) is 17.5. The third-order valence-electron chi connectivity index (χ3n) is 18.8. The van der Waals surface area contributed by atoms with E-state index in [1.165, 1.54) is 56.4 Å². The number of para-hydroxylation sites is 2. The Morgan fingerprint density at radius 1 is 0.371 bits per heavy atom. The van der Waals surface area contributed by atoms with Gasteiger partial charge in [0.05, 0.1) is 96.7 Å².